The number of benzene rings is 1. The molecule has 9 heteroatoms. The third kappa shape index (κ3) is 4.28. The maximum absolute atomic E-state index is 14.4. The van der Waals surface area contributed by atoms with E-state index < -0.39 is 51.7 Å². The van der Waals surface area contributed by atoms with Gasteiger partial charge in [0.05, 0.1) is 17.5 Å². The zero-order chi connectivity index (χ0) is 19.0. The topological polar surface area (TPSA) is 72.7 Å². The molecular weight excluding hydrogens is 341 g/mol. The van der Waals surface area contributed by atoms with Crippen LogP contribution in [0.2, 0.25) is 0 Å². The number of amides is 1. The van der Waals surface area contributed by atoms with Crippen molar-refractivity contribution in [3.05, 3.63) is 45.8 Å². The number of non-ortho nitro benzene ring substituents is 1. The van der Waals surface area contributed by atoms with Crippen LogP contribution in [0.25, 0.3) is 5.57 Å². The highest BCUT2D eigenvalue weighted by Crippen LogP contribution is 2.38. The quantitative estimate of drug-likeness (QED) is 0.592. The lowest BCUT2D eigenvalue weighted by Crippen LogP contribution is -2.47. The molecule has 6 nitrogen and oxygen atoms in total. The Balaban J connectivity index is 2.29. The molecule has 1 aromatic rings. The molecule has 1 aliphatic rings. The number of hydrogen-bond donors (Lipinski definition) is 0. The van der Waals surface area contributed by atoms with Crippen molar-refractivity contribution in [2.75, 3.05) is 13.1 Å². The van der Waals surface area contributed by atoms with Crippen molar-refractivity contribution in [1.82, 2.24) is 4.90 Å². The van der Waals surface area contributed by atoms with Crippen LogP contribution in [0, 0.1) is 15.9 Å². The molecule has 25 heavy (non-hydrogen) atoms. The Hall–Kier alpha value is -2.58. The van der Waals surface area contributed by atoms with E-state index in [1.165, 1.54) is 0 Å². The first-order valence-electron chi connectivity index (χ1n) is 7.41. The van der Waals surface area contributed by atoms with E-state index in [1.54, 1.807) is 20.8 Å². The summed E-state index contributed by atoms with van der Waals surface area (Å²) < 4.78 is 47.9. The van der Waals surface area contributed by atoms with Gasteiger partial charge >= 0.3 is 6.09 Å². The standard InChI is InChI=1S/C16H17F3N2O4/c1-15(2,3)25-14(22)20-7-6-12(16(18,19)9-20)11-5-4-10(21(23)24)8-13(11)17/h4-6,8H,7,9H2,1-3H3. The number of nitro groups is 1. The van der Waals surface area contributed by atoms with Crippen LogP contribution in [-0.4, -0.2) is 40.5 Å². The Bertz CT molecular complexity index is 741. The van der Waals surface area contributed by atoms with Crippen molar-refractivity contribution >= 4 is 17.4 Å². The first kappa shape index (κ1) is 18.8. The largest absolute Gasteiger partial charge is 0.444 e. The molecule has 1 aromatic carbocycles. The third-order valence-corrected chi connectivity index (χ3v) is 3.40. The average molecular weight is 358 g/mol. The van der Waals surface area contributed by atoms with E-state index in [0.717, 1.165) is 23.1 Å². The number of alkyl halides is 2. The zero-order valence-corrected chi connectivity index (χ0v) is 13.9. The molecule has 1 amide bonds. The highest BCUT2D eigenvalue weighted by molar-refractivity contribution is 5.76. The minimum atomic E-state index is -3.52. The molecule has 0 fully saturated rings. The van der Waals surface area contributed by atoms with Crippen LogP contribution >= 0.6 is 0 Å². The first-order valence-corrected chi connectivity index (χ1v) is 7.41. The van der Waals surface area contributed by atoms with Gasteiger partial charge in [-0.25, -0.2) is 9.18 Å². The van der Waals surface area contributed by atoms with E-state index >= 15 is 0 Å². The summed E-state index contributed by atoms with van der Waals surface area (Å²) in [4.78, 5) is 22.5. The van der Waals surface area contributed by atoms with Crippen molar-refractivity contribution < 1.29 is 27.6 Å². The lowest BCUT2D eigenvalue weighted by atomic mass is 9.95. The van der Waals surface area contributed by atoms with E-state index in [-0.39, 0.29) is 6.54 Å². The van der Waals surface area contributed by atoms with Crippen LogP contribution < -0.4 is 0 Å². The molecule has 2 rings (SSSR count). The molecule has 0 spiro atoms. The van der Waals surface area contributed by atoms with E-state index in [0.29, 0.717) is 6.07 Å². The smallest absolute Gasteiger partial charge is 0.410 e. The number of rotatable bonds is 2. The van der Waals surface area contributed by atoms with Gasteiger partial charge in [-0.2, -0.15) is 8.78 Å². The SMILES string of the molecule is CC(C)(C)OC(=O)N1CC=C(c2ccc([N+](=O)[O-])cc2F)C(F)(F)C1. The van der Waals surface area contributed by atoms with Crippen molar-refractivity contribution in [3.8, 4) is 0 Å². The molecule has 0 saturated heterocycles. The van der Waals surface area contributed by atoms with Gasteiger partial charge in [0.1, 0.15) is 11.4 Å². The molecule has 0 radical (unpaired) electrons. The predicted molar refractivity (Wildman–Crippen MR) is 83.8 cm³/mol. The van der Waals surface area contributed by atoms with Gasteiger partial charge in [0.15, 0.2) is 0 Å². The van der Waals surface area contributed by atoms with Crippen molar-refractivity contribution in [2.24, 2.45) is 0 Å². The first-order chi connectivity index (χ1) is 11.4. The maximum Gasteiger partial charge on any atom is 0.410 e. The normalized spacial score (nSPS) is 17.0. The molecule has 0 unspecified atom stereocenters. The third-order valence-electron chi connectivity index (χ3n) is 3.40. The van der Waals surface area contributed by atoms with Gasteiger partial charge in [0.25, 0.3) is 11.6 Å². The number of nitro benzene ring substituents is 1. The lowest BCUT2D eigenvalue weighted by molar-refractivity contribution is -0.385. The van der Waals surface area contributed by atoms with Gasteiger partial charge in [-0.1, -0.05) is 6.08 Å². The van der Waals surface area contributed by atoms with Gasteiger partial charge in [0.2, 0.25) is 0 Å². The number of nitrogens with zero attached hydrogens (tertiary/aromatic N) is 2. The van der Waals surface area contributed by atoms with Crippen LogP contribution in [-0.2, 0) is 4.74 Å². The van der Waals surface area contributed by atoms with Crippen LogP contribution in [0.15, 0.2) is 24.3 Å². The van der Waals surface area contributed by atoms with E-state index in [2.05, 4.69) is 0 Å². The summed E-state index contributed by atoms with van der Waals surface area (Å²) in [5.41, 5.74) is -2.41. The minimum absolute atomic E-state index is 0.184. The summed E-state index contributed by atoms with van der Waals surface area (Å²) in [6, 6.07) is 2.48. The Kier molecular flexibility index (Phi) is 4.79. The number of hydrogen-bond acceptors (Lipinski definition) is 4. The fourth-order valence-electron chi connectivity index (χ4n) is 2.35. The second-order valence-electron chi connectivity index (χ2n) is 6.60. The average Bonchev–Trinajstić information content (AvgIpc) is 2.45. The number of carbonyl (C=O) groups excluding carboxylic acids is 1. The Morgan fingerprint density at radius 2 is 2.00 bits per heavy atom. The molecule has 1 aliphatic heterocycles. The van der Waals surface area contributed by atoms with Crippen LogP contribution in [0.1, 0.15) is 26.3 Å². The second kappa shape index (κ2) is 6.38. The molecule has 1 heterocycles. The van der Waals surface area contributed by atoms with Crippen molar-refractivity contribution in [1.29, 1.82) is 0 Å². The van der Waals surface area contributed by atoms with Gasteiger partial charge in [-0.3, -0.25) is 15.0 Å². The molecule has 0 bridgehead atoms. The summed E-state index contributed by atoms with van der Waals surface area (Å²) in [5, 5.41) is 10.6. The van der Waals surface area contributed by atoms with E-state index in [9.17, 15) is 28.1 Å². The highest BCUT2D eigenvalue weighted by atomic mass is 19.3. The Labute approximate surface area is 142 Å². The number of carbonyl (C=O) groups is 1. The van der Waals surface area contributed by atoms with Crippen molar-refractivity contribution in [3.63, 3.8) is 0 Å². The lowest BCUT2D eigenvalue weighted by Gasteiger charge is -2.34. The fraction of sp³-hybridized carbons (Fsp3) is 0.438. The maximum atomic E-state index is 14.4. The van der Waals surface area contributed by atoms with Gasteiger partial charge < -0.3 is 4.74 Å². The fourth-order valence-corrected chi connectivity index (χ4v) is 2.35. The summed E-state index contributed by atoms with van der Waals surface area (Å²) >= 11 is 0. The van der Waals surface area contributed by atoms with Gasteiger partial charge in [-0.05, 0) is 26.8 Å². The highest BCUT2D eigenvalue weighted by Gasteiger charge is 2.43. The molecule has 0 aromatic heterocycles. The Morgan fingerprint density at radius 3 is 2.48 bits per heavy atom. The predicted octanol–water partition coefficient (Wildman–Crippen LogP) is 4.00. The monoisotopic (exact) mass is 358 g/mol. The molecule has 0 aliphatic carbocycles. The van der Waals surface area contributed by atoms with E-state index in [1.807, 2.05) is 0 Å². The van der Waals surface area contributed by atoms with Crippen LogP contribution in [0.5, 0.6) is 0 Å². The van der Waals surface area contributed by atoms with Crippen LogP contribution in [0.4, 0.5) is 23.7 Å². The van der Waals surface area contributed by atoms with Gasteiger partial charge in [0, 0.05) is 23.7 Å². The second-order valence-corrected chi connectivity index (χ2v) is 6.60. The van der Waals surface area contributed by atoms with E-state index in [4.69, 9.17) is 4.74 Å². The minimum Gasteiger partial charge on any atom is -0.444 e. The van der Waals surface area contributed by atoms with Crippen molar-refractivity contribution in [2.45, 2.75) is 32.3 Å². The Morgan fingerprint density at radius 1 is 1.36 bits per heavy atom. The number of halogens is 3. The summed E-state index contributed by atoms with van der Waals surface area (Å²) in [7, 11) is 0. The summed E-state index contributed by atoms with van der Waals surface area (Å²) in [6.07, 6.45) is 0.129. The summed E-state index contributed by atoms with van der Waals surface area (Å²) in [5.74, 6) is -4.64. The molecule has 0 N–H and O–H groups in total. The molecule has 0 atom stereocenters. The van der Waals surface area contributed by atoms with Crippen LogP contribution in [0.3, 0.4) is 0 Å². The molecule has 0 saturated carbocycles. The van der Waals surface area contributed by atoms with Gasteiger partial charge in [-0.15, -0.1) is 0 Å². The zero-order valence-electron chi connectivity index (χ0n) is 13.9. The summed E-state index contributed by atoms with van der Waals surface area (Å²) in [6.45, 7) is 3.68. The molecule has 136 valence electrons. The molecular formula is C16H17F3N2O4. The number of ether oxygens (including phenoxy) is 1.